The molecule has 9 heteroatoms. The lowest BCUT2D eigenvalue weighted by Gasteiger charge is -2.19. The van der Waals surface area contributed by atoms with Gasteiger partial charge < -0.3 is 10.1 Å². The number of imide groups is 1. The number of rotatable bonds is 6. The number of carbonyl (C=O) groups is 4. The fraction of sp³-hybridized carbons (Fsp3) is 0.500. The van der Waals surface area contributed by atoms with Gasteiger partial charge in [-0.15, -0.1) is 0 Å². The number of hydrogen-bond acceptors (Lipinski definition) is 6. The maximum Gasteiger partial charge on any atom is 0.308 e. The molecule has 144 valence electrons. The zero-order valence-electron chi connectivity index (χ0n) is 14.7. The minimum atomic E-state index is -0.655. The van der Waals surface area contributed by atoms with Crippen LogP contribution < -0.4 is 5.32 Å². The van der Waals surface area contributed by atoms with Gasteiger partial charge in [0.1, 0.15) is 0 Å². The Hall–Kier alpha value is -2.48. The molecule has 1 N–H and O–H groups in total. The van der Waals surface area contributed by atoms with Crippen molar-refractivity contribution in [1.29, 1.82) is 0 Å². The van der Waals surface area contributed by atoms with Crippen LogP contribution in [0.4, 0.5) is 5.69 Å². The summed E-state index contributed by atoms with van der Waals surface area (Å²) in [4.78, 5) is 53.3. The number of anilines is 1. The first-order valence-corrected chi connectivity index (χ1v) is 9.26. The van der Waals surface area contributed by atoms with Crippen LogP contribution in [0.1, 0.15) is 32.1 Å². The maximum atomic E-state index is 12.3. The molecule has 0 radical (unpaired) electrons. The standard InChI is InChI=1S/C18H20ClN3O5/c19-16-13(6-3-8-20-16)21-14(23)10-27-15(24)7-9-22-17(25)11-4-1-2-5-12(11)18(22)26/h3,6,8,11-12H,1-2,4-5,7,9-10H2,(H,21,23)/t11-,12-/m1/s1. The van der Waals surface area contributed by atoms with Crippen LogP contribution in [0.2, 0.25) is 5.15 Å². The smallest absolute Gasteiger partial charge is 0.308 e. The van der Waals surface area contributed by atoms with Gasteiger partial charge in [0, 0.05) is 12.7 Å². The average molecular weight is 394 g/mol. The van der Waals surface area contributed by atoms with E-state index in [1.165, 1.54) is 6.20 Å². The van der Waals surface area contributed by atoms with Crippen LogP contribution in [0.15, 0.2) is 18.3 Å². The fourth-order valence-electron chi connectivity index (χ4n) is 3.54. The number of ether oxygens (including phenoxy) is 1. The van der Waals surface area contributed by atoms with Crippen LogP contribution >= 0.6 is 11.6 Å². The minimum Gasteiger partial charge on any atom is -0.456 e. The molecule has 8 nitrogen and oxygen atoms in total. The molecule has 2 atom stereocenters. The third-order valence-corrected chi connectivity index (χ3v) is 5.17. The van der Waals surface area contributed by atoms with E-state index < -0.39 is 18.5 Å². The molecule has 0 bridgehead atoms. The van der Waals surface area contributed by atoms with Crippen molar-refractivity contribution in [2.24, 2.45) is 11.8 Å². The number of carbonyl (C=O) groups excluding carboxylic acids is 4. The highest BCUT2D eigenvalue weighted by molar-refractivity contribution is 6.32. The van der Waals surface area contributed by atoms with Crippen LogP contribution in [0.3, 0.4) is 0 Å². The van der Waals surface area contributed by atoms with Crippen molar-refractivity contribution < 1.29 is 23.9 Å². The van der Waals surface area contributed by atoms with E-state index in [2.05, 4.69) is 10.3 Å². The number of likely N-dealkylation sites (tertiary alicyclic amines) is 1. The van der Waals surface area contributed by atoms with Crippen molar-refractivity contribution in [3.63, 3.8) is 0 Å². The lowest BCUT2D eigenvalue weighted by atomic mass is 9.81. The van der Waals surface area contributed by atoms with Gasteiger partial charge in [0.05, 0.1) is 23.9 Å². The first-order chi connectivity index (χ1) is 13.0. The summed E-state index contributed by atoms with van der Waals surface area (Å²) in [6.45, 7) is -0.503. The molecular weight excluding hydrogens is 374 g/mol. The molecule has 2 fully saturated rings. The second kappa shape index (κ2) is 8.47. The zero-order valence-corrected chi connectivity index (χ0v) is 15.4. The van der Waals surface area contributed by atoms with Crippen molar-refractivity contribution in [1.82, 2.24) is 9.88 Å². The number of esters is 1. The summed E-state index contributed by atoms with van der Waals surface area (Å²) in [5, 5.41) is 2.61. The minimum absolute atomic E-state index is 0.0143. The summed E-state index contributed by atoms with van der Waals surface area (Å²) in [7, 11) is 0. The predicted octanol–water partition coefficient (Wildman–Crippen LogP) is 1.78. The monoisotopic (exact) mass is 393 g/mol. The van der Waals surface area contributed by atoms with E-state index in [-0.39, 0.29) is 41.8 Å². The fourth-order valence-corrected chi connectivity index (χ4v) is 3.70. The first-order valence-electron chi connectivity index (χ1n) is 8.88. The molecule has 2 heterocycles. The Morgan fingerprint density at radius 2 is 1.89 bits per heavy atom. The number of nitrogens with one attached hydrogen (secondary N) is 1. The second-order valence-electron chi connectivity index (χ2n) is 6.63. The highest BCUT2D eigenvalue weighted by atomic mass is 35.5. The maximum absolute atomic E-state index is 12.3. The summed E-state index contributed by atoms with van der Waals surface area (Å²) in [6.07, 6.45) is 4.70. The molecule has 1 aromatic heterocycles. The predicted molar refractivity (Wildman–Crippen MR) is 95.6 cm³/mol. The quantitative estimate of drug-likeness (QED) is 0.448. The van der Waals surface area contributed by atoms with Gasteiger partial charge in [0.25, 0.3) is 5.91 Å². The molecule has 2 aliphatic rings. The molecule has 27 heavy (non-hydrogen) atoms. The van der Waals surface area contributed by atoms with Gasteiger partial charge in [-0.1, -0.05) is 24.4 Å². The van der Waals surface area contributed by atoms with Crippen LogP contribution in [0.25, 0.3) is 0 Å². The SMILES string of the molecule is O=C(COC(=O)CCN1C(=O)[C@@H]2CCCC[C@H]2C1=O)Nc1cccnc1Cl. The van der Waals surface area contributed by atoms with Gasteiger partial charge in [-0.25, -0.2) is 4.98 Å². The Bertz CT molecular complexity index is 745. The zero-order chi connectivity index (χ0) is 19.4. The lowest BCUT2D eigenvalue weighted by Crippen LogP contribution is -2.33. The summed E-state index contributed by atoms with van der Waals surface area (Å²) >= 11 is 5.83. The Kier molecular flexibility index (Phi) is 6.05. The number of nitrogens with zero attached hydrogens (tertiary/aromatic N) is 2. The van der Waals surface area contributed by atoms with E-state index in [1.807, 2.05) is 0 Å². The third-order valence-electron chi connectivity index (χ3n) is 4.87. The van der Waals surface area contributed by atoms with Gasteiger partial charge in [-0.2, -0.15) is 0 Å². The molecule has 1 aromatic rings. The molecular formula is C18H20ClN3O5. The molecule has 0 unspecified atom stereocenters. The van der Waals surface area contributed by atoms with Crippen LogP contribution in [-0.2, 0) is 23.9 Å². The van der Waals surface area contributed by atoms with E-state index in [9.17, 15) is 19.2 Å². The van der Waals surface area contributed by atoms with Gasteiger partial charge in [-0.3, -0.25) is 24.1 Å². The van der Waals surface area contributed by atoms with Gasteiger partial charge >= 0.3 is 5.97 Å². The molecule has 1 saturated heterocycles. The number of aromatic nitrogens is 1. The number of halogens is 1. The van der Waals surface area contributed by atoms with Gasteiger partial charge in [0.2, 0.25) is 11.8 Å². The van der Waals surface area contributed by atoms with Crippen molar-refractivity contribution in [3.05, 3.63) is 23.5 Å². The van der Waals surface area contributed by atoms with E-state index >= 15 is 0 Å². The number of amides is 3. The molecule has 0 spiro atoms. The van der Waals surface area contributed by atoms with Crippen molar-refractivity contribution in [2.75, 3.05) is 18.5 Å². The van der Waals surface area contributed by atoms with Gasteiger partial charge in [-0.05, 0) is 25.0 Å². The Morgan fingerprint density at radius 1 is 1.22 bits per heavy atom. The molecule has 0 aromatic carbocycles. The van der Waals surface area contributed by atoms with Crippen molar-refractivity contribution in [3.8, 4) is 0 Å². The molecule has 1 saturated carbocycles. The Morgan fingerprint density at radius 3 is 2.52 bits per heavy atom. The highest BCUT2D eigenvalue weighted by Gasteiger charge is 2.47. The van der Waals surface area contributed by atoms with E-state index in [4.69, 9.17) is 16.3 Å². The largest absolute Gasteiger partial charge is 0.456 e. The lowest BCUT2D eigenvalue weighted by molar-refractivity contribution is -0.148. The molecule has 1 aliphatic heterocycles. The van der Waals surface area contributed by atoms with Crippen molar-refractivity contribution in [2.45, 2.75) is 32.1 Å². The first kappa shape index (κ1) is 19.3. The normalized spacial score (nSPS) is 21.7. The number of fused-ring (bicyclic) bond motifs is 1. The number of hydrogen-bond donors (Lipinski definition) is 1. The number of pyridine rings is 1. The average Bonchev–Trinajstić information content (AvgIpc) is 2.91. The molecule has 1 aliphatic carbocycles. The second-order valence-corrected chi connectivity index (χ2v) is 6.98. The highest BCUT2D eigenvalue weighted by Crippen LogP contribution is 2.37. The van der Waals surface area contributed by atoms with Crippen LogP contribution in [-0.4, -0.2) is 46.7 Å². The van der Waals surface area contributed by atoms with E-state index in [0.29, 0.717) is 5.69 Å². The van der Waals surface area contributed by atoms with E-state index in [1.54, 1.807) is 12.1 Å². The van der Waals surface area contributed by atoms with Crippen LogP contribution in [0, 0.1) is 11.8 Å². The topological polar surface area (TPSA) is 106 Å². The summed E-state index contributed by atoms with van der Waals surface area (Å²) < 4.78 is 4.90. The van der Waals surface area contributed by atoms with Crippen LogP contribution in [0.5, 0.6) is 0 Å². The summed E-state index contributed by atoms with van der Waals surface area (Å²) in [6, 6.07) is 3.17. The Labute approximate surface area is 161 Å². The van der Waals surface area contributed by atoms with Crippen molar-refractivity contribution >= 4 is 41.0 Å². The molecule has 3 rings (SSSR count). The molecule has 3 amide bonds. The third kappa shape index (κ3) is 4.44. The van der Waals surface area contributed by atoms with Gasteiger partial charge in [0.15, 0.2) is 11.8 Å². The summed E-state index contributed by atoms with van der Waals surface area (Å²) in [5.74, 6) is -2.08. The van der Waals surface area contributed by atoms with E-state index in [0.717, 1.165) is 30.6 Å². The Balaban J connectivity index is 1.43. The summed E-state index contributed by atoms with van der Waals surface area (Å²) in [5.41, 5.74) is 0.316.